The van der Waals surface area contributed by atoms with E-state index < -0.39 is 49.4 Å². The lowest BCUT2D eigenvalue weighted by Gasteiger charge is -2.46. The van der Waals surface area contributed by atoms with Crippen LogP contribution in [0.5, 0.6) is 0 Å². The summed E-state index contributed by atoms with van der Waals surface area (Å²) in [5.74, 6) is 0. The first-order chi connectivity index (χ1) is 27.9. The van der Waals surface area contributed by atoms with Crippen LogP contribution in [0.4, 0.5) is 9.59 Å². The van der Waals surface area contributed by atoms with Gasteiger partial charge < -0.3 is 34.8 Å². The lowest BCUT2D eigenvalue weighted by molar-refractivity contribution is -0.225. The Morgan fingerprint density at radius 1 is 0.614 bits per heavy atom. The summed E-state index contributed by atoms with van der Waals surface area (Å²) < 4.78 is 17.3. The Balaban J connectivity index is 1.85. The average Bonchev–Trinajstić information content (AvgIpc) is 3.22. The number of alkyl carbamates (subject to hydrolysis) is 1. The number of ether oxygens (including phenoxy) is 3. The smallest absolute Gasteiger partial charge is 0.411 e. The summed E-state index contributed by atoms with van der Waals surface area (Å²) in [5.41, 5.74) is 0.788. The van der Waals surface area contributed by atoms with Crippen molar-refractivity contribution < 1.29 is 39.1 Å². The van der Waals surface area contributed by atoms with Crippen molar-refractivity contribution in [3.8, 4) is 0 Å². The molecule has 0 bridgehead atoms. The number of benzene rings is 1. The maximum Gasteiger partial charge on any atom is 0.411 e. The molecule has 2 amide bonds. The Kier molecular flexibility index (Phi) is 30.7. The molecule has 0 aliphatic carbocycles. The average molecular weight is 805 g/mol. The summed E-state index contributed by atoms with van der Waals surface area (Å²) in [5, 5.41) is 34.6. The topological polar surface area (TPSA) is 138 Å². The molecule has 1 aliphatic heterocycles. The molecule has 1 aliphatic rings. The fourth-order valence-corrected chi connectivity index (χ4v) is 7.76. The fraction of sp³-hybridized carbons (Fsp3) is 0.830. The van der Waals surface area contributed by atoms with Gasteiger partial charge in [0.1, 0.15) is 31.0 Å². The van der Waals surface area contributed by atoms with Crippen molar-refractivity contribution in [2.45, 2.75) is 231 Å². The number of nitrogens with one attached hydrogen (secondary N) is 1. The molecule has 57 heavy (non-hydrogen) atoms. The quantitative estimate of drug-likeness (QED) is 0.0498. The molecule has 4 N–H and O–H groups in total. The molecular formula is C47H84N2O8. The lowest BCUT2D eigenvalue weighted by atomic mass is 9.95. The molecule has 2 rings (SSSR count). The van der Waals surface area contributed by atoms with E-state index in [9.17, 15) is 24.9 Å². The number of unbranched alkanes of at least 4 members (excludes halogenated alkanes) is 26. The molecule has 0 spiro atoms. The molecule has 0 aromatic heterocycles. The summed E-state index contributed by atoms with van der Waals surface area (Å²) in [6.45, 7) is 4.48. The third kappa shape index (κ3) is 23.7. The van der Waals surface area contributed by atoms with Gasteiger partial charge in [-0.15, -0.1) is 0 Å². The van der Waals surface area contributed by atoms with Crippen LogP contribution in [-0.2, 0) is 20.8 Å². The van der Waals surface area contributed by atoms with Gasteiger partial charge in [0.05, 0.1) is 13.2 Å². The Labute approximate surface area is 347 Å². The van der Waals surface area contributed by atoms with Crippen molar-refractivity contribution in [3.05, 3.63) is 35.9 Å². The van der Waals surface area contributed by atoms with Crippen LogP contribution in [0.1, 0.15) is 199 Å². The molecule has 0 saturated carbocycles. The zero-order valence-corrected chi connectivity index (χ0v) is 36.2. The SMILES string of the molecule is CCCCCCCCCCCCCCCCCCOC(=O)N(CCCCCCCCCCCCCC)[C@@H]1O[C@H](CO)[C@H](O)[C@H](O)[C@H]1NC(=O)OCc1ccccc1. The second-order valence-electron chi connectivity index (χ2n) is 16.5. The molecule has 10 heteroatoms. The number of nitrogens with zero attached hydrogens (tertiary/aromatic N) is 1. The van der Waals surface area contributed by atoms with E-state index in [1.807, 2.05) is 30.3 Å². The third-order valence-electron chi connectivity index (χ3n) is 11.4. The monoisotopic (exact) mass is 805 g/mol. The van der Waals surface area contributed by atoms with Crippen LogP contribution in [0.25, 0.3) is 0 Å². The van der Waals surface area contributed by atoms with Crippen LogP contribution in [0, 0.1) is 0 Å². The minimum absolute atomic E-state index is 0.00670. The second-order valence-corrected chi connectivity index (χ2v) is 16.5. The number of aliphatic hydroxyl groups excluding tert-OH is 3. The van der Waals surface area contributed by atoms with Crippen molar-refractivity contribution in [3.63, 3.8) is 0 Å². The Morgan fingerprint density at radius 2 is 1.05 bits per heavy atom. The van der Waals surface area contributed by atoms with Crippen molar-refractivity contribution >= 4 is 12.2 Å². The van der Waals surface area contributed by atoms with E-state index in [1.54, 1.807) is 0 Å². The maximum atomic E-state index is 13.7. The summed E-state index contributed by atoms with van der Waals surface area (Å²) in [6.07, 6.45) is 27.4. The van der Waals surface area contributed by atoms with Crippen molar-refractivity contribution in [2.24, 2.45) is 0 Å². The van der Waals surface area contributed by atoms with Gasteiger partial charge in [0, 0.05) is 6.54 Å². The van der Waals surface area contributed by atoms with Gasteiger partial charge in [-0.25, -0.2) is 9.59 Å². The predicted molar refractivity (Wildman–Crippen MR) is 230 cm³/mol. The number of amides is 2. The number of hydrogen-bond acceptors (Lipinski definition) is 8. The van der Waals surface area contributed by atoms with Crippen LogP contribution in [0.3, 0.4) is 0 Å². The number of aliphatic hydroxyl groups is 3. The first-order valence-electron chi connectivity index (χ1n) is 23.5. The number of hydrogen-bond donors (Lipinski definition) is 4. The van der Waals surface area contributed by atoms with Crippen molar-refractivity contribution in [1.82, 2.24) is 10.2 Å². The van der Waals surface area contributed by atoms with Gasteiger partial charge in [-0.05, 0) is 18.4 Å². The van der Waals surface area contributed by atoms with Crippen molar-refractivity contribution in [1.29, 1.82) is 0 Å². The molecule has 0 unspecified atom stereocenters. The lowest BCUT2D eigenvalue weighted by Crippen LogP contribution is -2.69. The Hall–Kier alpha value is -2.40. The second kappa shape index (κ2) is 34.5. The van der Waals surface area contributed by atoms with E-state index in [-0.39, 0.29) is 19.8 Å². The van der Waals surface area contributed by atoms with E-state index in [0.717, 1.165) is 44.1 Å². The predicted octanol–water partition coefficient (Wildman–Crippen LogP) is 11.1. The third-order valence-corrected chi connectivity index (χ3v) is 11.4. The van der Waals surface area contributed by atoms with Gasteiger partial charge in [0.2, 0.25) is 0 Å². The maximum absolute atomic E-state index is 13.7. The molecule has 5 atom stereocenters. The molecule has 1 saturated heterocycles. The van der Waals surface area contributed by atoms with Crippen LogP contribution < -0.4 is 5.32 Å². The largest absolute Gasteiger partial charge is 0.449 e. The highest BCUT2D eigenvalue weighted by Gasteiger charge is 2.48. The highest BCUT2D eigenvalue weighted by molar-refractivity contribution is 5.69. The number of carbonyl (C=O) groups is 2. The van der Waals surface area contributed by atoms with Gasteiger partial charge in [-0.3, -0.25) is 4.90 Å². The molecule has 1 fully saturated rings. The van der Waals surface area contributed by atoms with E-state index in [4.69, 9.17) is 14.2 Å². The summed E-state index contributed by atoms with van der Waals surface area (Å²) in [4.78, 5) is 28.1. The minimum atomic E-state index is -1.53. The first kappa shape index (κ1) is 50.7. The van der Waals surface area contributed by atoms with Gasteiger partial charge >= 0.3 is 12.2 Å². The summed E-state index contributed by atoms with van der Waals surface area (Å²) >= 11 is 0. The molecule has 1 aromatic carbocycles. The van der Waals surface area contributed by atoms with Crippen LogP contribution in [0.15, 0.2) is 30.3 Å². The highest BCUT2D eigenvalue weighted by Crippen LogP contribution is 2.26. The molecule has 0 radical (unpaired) electrons. The van der Waals surface area contributed by atoms with E-state index >= 15 is 0 Å². The fourth-order valence-electron chi connectivity index (χ4n) is 7.76. The standard InChI is InChI=1S/C47H84N2O8/c1-3-5-7-9-11-13-15-17-18-19-20-22-24-26-28-33-37-55-47(54)49(36-32-27-25-23-21-16-14-12-10-8-6-4-2)45-42(44(52)43(51)41(38-50)57-45)48-46(53)56-39-40-34-30-29-31-35-40/h29-31,34-35,41-45,50-52H,3-28,32-33,36-39H2,1-2H3,(H,48,53)/t41-,42-,43+,44-,45-/m1/s1. The van der Waals surface area contributed by atoms with Crippen LogP contribution in [-0.4, -0.2) is 82.7 Å². The van der Waals surface area contributed by atoms with Gasteiger partial charge in [0.15, 0.2) is 6.23 Å². The van der Waals surface area contributed by atoms with Gasteiger partial charge in [-0.1, -0.05) is 211 Å². The summed E-state index contributed by atoms with van der Waals surface area (Å²) in [6, 6.07) is 8.00. The molecule has 1 aromatic rings. The van der Waals surface area contributed by atoms with Crippen LogP contribution in [0.2, 0.25) is 0 Å². The Bertz CT molecular complexity index is 1090. The molecule has 330 valence electrons. The van der Waals surface area contributed by atoms with Crippen molar-refractivity contribution in [2.75, 3.05) is 19.8 Å². The molecular weight excluding hydrogens is 721 g/mol. The summed E-state index contributed by atoms with van der Waals surface area (Å²) in [7, 11) is 0. The first-order valence-corrected chi connectivity index (χ1v) is 23.5. The Morgan fingerprint density at radius 3 is 1.51 bits per heavy atom. The zero-order valence-electron chi connectivity index (χ0n) is 36.2. The number of rotatable bonds is 35. The van der Waals surface area contributed by atoms with E-state index in [2.05, 4.69) is 19.2 Å². The van der Waals surface area contributed by atoms with Gasteiger partial charge in [0.25, 0.3) is 0 Å². The number of carbonyl (C=O) groups excluding carboxylic acids is 2. The van der Waals surface area contributed by atoms with Gasteiger partial charge in [-0.2, -0.15) is 0 Å². The van der Waals surface area contributed by atoms with E-state index in [1.165, 1.54) is 140 Å². The minimum Gasteiger partial charge on any atom is -0.449 e. The zero-order chi connectivity index (χ0) is 41.2. The van der Waals surface area contributed by atoms with E-state index in [0.29, 0.717) is 6.42 Å². The molecule has 10 nitrogen and oxygen atoms in total. The molecule has 1 heterocycles. The normalized spacial score (nSPS) is 19.4. The van der Waals surface area contributed by atoms with Crippen LogP contribution >= 0.6 is 0 Å². The highest BCUT2D eigenvalue weighted by atomic mass is 16.6.